The molecule has 2 aromatic rings. The van der Waals surface area contributed by atoms with Gasteiger partial charge in [-0.1, -0.05) is 18.2 Å². The van der Waals surface area contributed by atoms with Crippen molar-refractivity contribution < 1.29 is 14.6 Å². The van der Waals surface area contributed by atoms with E-state index in [1.807, 2.05) is 4.90 Å². The van der Waals surface area contributed by atoms with E-state index in [1.54, 1.807) is 24.3 Å². The normalized spacial score (nSPS) is 19.0. The Kier molecular flexibility index (Phi) is 7.35. The zero-order chi connectivity index (χ0) is 22.3. The van der Waals surface area contributed by atoms with E-state index in [1.165, 1.54) is 12.0 Å². The van der Waals surface area contributed by atoms with Gasteiger partial charge in [0.2, 0.25) is 0 Å². The first-order chi connectivity index (χ1) is 15.6. The summed E-state index contributed by atoms with van der Waals surface area (Å²) in [6, 6.07) is 12.5. The van der Waals surface area contributed by atoms with Crippen molar-refractivity contribution in [3.63, 3.8) is 0 Å². The molecule has 0 radical (unpaired) electrons. The summed E-state index contributed by atoms with van der Waals surface area (Å²) in [5, 5.41) is 22.1. The highest BCUT2D eigenvalue weighted by atomic mass is 16.5. The van der Waals surface area contributed by atoms with Crippen molar-refractivity contribution >= 4 is 11.8 Å². The van der Waals surface area contributed by atoms with Crippen LogP contribution in [0.1, 0.15) is 54.1 Å². The molecule has 4 rings (SSSR count). The third kappa shape index (κ3) is 5.45. The molecule has 1 saturated heterocycles. The molecule has 2 N–H and O–H groups in total. The summed E-state index contributed by atoms with van der Waals surface area (Å²) in [5.74, 6) is 0.175. The summed E-state index contributed by atoms with van der Waals surface area (Å²) in [6.07, 6.45) is 6.08. The number of aliphatic carboxylic acids is 1. The van der Waals surface area contributed by atoms with Crippen molar-refractivity contribution in [1.82, 2.24) is 9.88 Å². The smallest absolute Gasteiger partial charge is 0.325 e. The molecule has 2 atom stereocenters. The van der Waals surface area contributed by atoms with Crippen LogP contribution < -0.4 is 5.32 Å². The summed E-state index contributed by atoms with van der Waals surface area (Å²) in [7, 11) is 0. The summed E-state index contributed by atoms with van der Waals surface area (Å²) < 4.78 is 6.05. The van der Waals surface area contributed by atoms with Gasteiger partial charge in [0.05, 0.1) is 17.7 Å². The van der Waals surface area contributed by atoms with E-state index < -0.39 is 12.0 Å². The van der Waals surface area contributed by atoms with Crippen LogP contribution in [0.3, 0.4) is 0 Å². The first kappa shape index (κ1) is 22.3. The maximum atomic E-state index is 11.9. The fraction of sp³-hybridized carbons (Fsp3) is 0.480. The van der Waals surface area contributed by atoms with Crippen molar-refractivity contribution in [2.24, 2.45) is 0 Å². The molecular weight excluding hydrogens is 404 g/mol. The van der Waals surface area contributed by atoms with Gasteiger partial charge in [-0.05, 0) is 67.9 Å². The van der Waals surface area contributed by atoms with E-state index in [0.717, 1.165) is 50.2 Å². The Bertz CT molecular complexity index is 970. The second kappa shape index (κ2) is 10.6. The van der Waals surface area contributed by atoms with Crippen LogP contribution in [0.4, 0.5) is 5.82 Å². The Balaban J connectivity index is 1.21. The number of carboxylic acids is 1. The number of likely N-dealkylation sites (tertiary alicyclic amines) is 1. The van der Waals surface area contributed by atoms with Crippen molar-refractivity contribution in [3.05, 3.63) is 58.8 Å². The number of benzene rings is 1. The predicted molar refractivity (Wildman–Crippen MR) is 121 cm³/mol. The Morgan fingerprint density at radius 2 is 2.12 bits per heavy atom. The average molecular weight is 435 g/mol. The van der Waals surface area contributed by atoms with Crippen LogP contribution in [0.25, 0.3) is 0 Å². The number of carboxylic acid groups (broad SMARTS) is 1. The molecule has 0 aliphatic carbocycles. The number of carbonyl (C=O) groups is 1. The van der Waals surface area contributed by atoms with Crippen LogP contribution in [-0.4, -0.2) is 53.3 Å². The molecule has 1 aromatic heterocycles. The predicted octanol–water partition coefficient (Wildman–Crippen LogP) is 3.55. The van der Waals surface area contributed by atoms with Crippen LogP contribution in [0.5, 0.6) is 0 Å². The molecule has 0 saturated carbocycles. The number of hydrogen-bond acceptors (Lipinski definition) is 6. The van der Waals surface area contributed by atoms with E-state index in [9.17, 15) is 9.90 Å². The van der Waals surface area contributed by atoms with Crippen LogP contribution >= 0.6 is 0 Å². The molecule has 1 fully saturated rings. The molecule has 2 aliphatic heterocycles. The number of unbranched alkanes of at least 4 members (excludes halogenated alkanes) is 1. The Labute approximate surface area is 189 Å². The molecule has 2 aliphatic rings. The van der Waals surface area contributed by atoms with Gasteiger partial charge in [-0.25, -0.2) is 4.98 Å². The van der Waals surface area contributed by atoms with Gasteiger partial charge in [-0.2, -0.15) is 5.26 Å². The van der Waals surface area contributed by atoms with E-state index in [2.05, 4.69) is 23.5 Å². The molecule has 0 spiro atoms. The summed E-state index contributed by atoms with van der Waals surface area (Å²) in [4.78, 5) is 18.6. The number of nitriles is 1. The molecule has 168 valence electrons. The maximum Gasteiger partial charge on any atom is 0.325 e. The fourth-order valence-electron chi connectivity index (χ4n) is 4.54. The molecular formula is C25H30N4O3. The molecule has 1 aromatic carbocycles. The number of nitrogens with zero attached hydrogens (tertiary/aromatic N) is 3. The lowest BCUT2D eigenvalue weighted by Gasteiger charge is -2.24. The van der Waals surface area contributed by atoms with Crippen molar-refractivity contribution in [2.75, 3.05) is 31.6 Å². The number of nitrogens with one attached hydrogen (secondary N) is 1. The summed E-state index contributed by atoms with van der Waals surface area (Å²) in [6.45, 7) is 2.97. The number of hydrogen-bond donors (Lipinski definition) is 2. The molecule has 32 heavy (non-hydrogen) atoms. The van der Waals surface area contributed by atoms with Crippen molar-refractivity contribution in [2.45, 2.75) is 50.7 Å². The first-order valence-electron chi connectivity index (χ1n) is 11.5. The van der Waals surface area contributed by atoms with Gasteiger partial charge in [0.15, 0.2) is 0 Å². The maximum absolute atomic E-state index is 11.9. The van der Waals surface area contributed by atoms with Crippen LogP contribution in [0.15, 0.2) is 36.4 Å². The SMILES string of the molecule is N#Cc1ccc(C(C(=O)O)N2CC[C@@H](OCCCCc3ccc4c(n3)NCCC4)C2)cc1. The zero-order valence-electron chi connectivity index (χ0n) is 18.3. The minimum absolute atomic E-state index is 0.0568. The quantitative estimate of drug-likeness (QED) is 0.582. The van der Waals surface area contributed by atoms with E-state index in [4.69, 9.17) is 15.0 Å². The minimum Gasteiger partial charge on any atom is -0.480 e. The zero-order valence-corrected chi connectivity index (χ0v) is 18.3. The van der Waals surface area contributed by atoms with Crippen molar-refractivity contribution in [3.8, 4) is 6.07 Å². The van der Waals surface area contributed by atoms with E-state index in [0.29, 0.717) is 30.8 Å². The molecule has 0 amide bonds. The lowest BCUT2D eigenvalue weighted by atomic mass is 10.0. The van der Waals surface area contributed by atoms with Gasteiger partial charge >= 0.3 is 5.97 Å². The third-order valence-electron chi connectivity index (χ3n) is 6.26. The van der Waals surface area contributed by atoms with Crippen LogP contribution in [0.2, 0.25) is 0 Å². The standard InChI is InChI=1S/C25H30N4O3/c26-16-18-6-8-19(9-7-18)23(25(30)31)29-14-12-22(17-29)32-15-2-1-5-21-11-10-20-4-3-13-27-24(20)28-21/h6-11,22-23H,1-5,12-15,17H2,(H,27,28)(H,30,31)/t22-,23?/m1/s1. The van der Waals surface area contributed by atoms with Gasteiger partial charge in [-0.3, -0.25) is 9.69 Å². The highest BCUT2D eigenvalue weighted by Crippen LogP contribution is 2.27. The highest BCUT2D eigenvalue weighted by molar-refractivity contribution is 5.75. The molecule has 7 heteroatoms. The number of pyridine rings is 1. The third-order valence-corrected chi connectivity index (χ3v) is 6.26. The number of rotatable bonds is 9. The largest absolute Gasteiger partial charge is 0.480 e. The monoisotopic (exact) mass is 434 g/mol. The van der Waals surface area contributed by atoms with Gasteiger partial charge in [0.1, 0.15) is 11.9 Å². The number of aromatic nitrogens is 1. The van der Waals surface area contributed by atoms with Gasteiger partial charge in [0, 0.05) is 31.9 Å². The van der Waals surface area contributed by atoms with Gasteiger partial charge < -0.3 is 15.2 Å². The van der Waals surface area contributed by atoms with Crippen molar-refractivity contribution in [1.29, 1.82) is 5.26 Å². The highest BCUT2D eigenvalue weighted by Gasteiger charge is 2.33. The fourth-order valence-corrected chi connectivity index (χ4v) is 4.54. The Morgan fingerprint density at radius 1 is 1.28 bits per heavy atom. The van der Waals surface area contributed by atoms with E-state index >= 15 is 0 Å². The van der Waals surface area contributed by atoms with Crippen LogP contribution in [0, 0.1) is 11.3 Å². The molecule has 3 heterocycles. The molecule has 7 nitrogen and oxygen atoms in total. The first-order valence-corrected chi connectivity index (χ1v) is 11.5. The summed E-state index contributed by atoms with van der Waals surface area (Å²) in [5.41, 5.74) is 3.67. The minimum atomic E-state index is -0.873. The Morgan fingerprint density at radius 3 is 2.91 bits per heavy atom. The topological polar surface area (TPSA) is 98.5 Å². The number of aryl methyl sites for hydroxylation is 2. The second-order valence-electron chi connectivity index (χ2n) is 8.55. The second-order valence-corrected chi connectivity index (χ2v) is 8.55. The lowest BCUT2D eigenvalue weighted by molar-refractivity contribution is -0.143. The molecule has 0 bridgehead atoms. The summed E-state index contributed by atoms with van der Waals surface area (Å²) >= 11 is 0. The number of anilines is 1. The Hall–Kier alpha value is -2.95. The number of fused-ring (bicyclic) bond motifs is 1. The lowest BCUT2D eigenvalue weighted by Crippen LogP contribution is -2.33. The van der Waals surface area contributed by atoms with Gasteiger partial charge in [0.25, 0.3) is 0 Å². The van der Waals surface area contributed by atoms with Gasteiger partial charge in [-0.15, -0.1) is 0 Å². The molecule has 1 unspecified atom stereocenters. The average Bonchev–Trinajstić information content (AvgIpc) is 3.27. The van der Waals surface area contributed by atoms with E-state index in [-0.39, 0.29) is 6.10 Å². The number of ether oxygens (including phenoxy) is 1. The van der Waals surface area contributed by atoms with Crippen LogP contribution in [-0.2, 0) is 22.4 Å².